The standard InChI is InChI=1S/C17H17NS/c19-16-12-7-13-18(16)17(14-8-3-1-4-9-14)15-10-5-2-6-11-15/h1-6,8-11,17H,7,12-13H2. The van der Waals surface area contributed by atoms with Crippen molar-refractivity contribution < 1.29 is 0 Å². The molecule has 2 aromatic rings. The maximum Gasteiger partial charge on any atom is 0.0800 e. The molecular formula is C17H17NS. The maximum absolute atomic E-state index is 5.54. The summed E-state index contributed by atoms with van der Waals surface area (Å²) >= 11 is 5.54. The average Bonchev–Trinajstić information content (AvgIpc) is 2.88. The number of nitrogens with zero attached hydrogens (tertiary/aromatic N) is 1. The van der Waals surface area contributed by atoms with Crippen molar-refractivity contribution in [1.29, 1.82) is 0 Å². The normalized spacial score (nSPS) is 15.2. The molecule has 3 rings (SSSR count). The number of benzene rings is 2. The van der Waals surface area contributed by atoms with Gasteiger partial charge in [0.15, 0.2) is 0 Å². The van der Waals surface area contributed by atoms with Crippen LogP contribution in [0.15, 0.2) is 60.7 Å². The highest BCUT2D eigenvalue weighted by Gasteiger charge is 2.27. The Kier molecular flexibility index (Phi) is 3.60. The van der Waals surface area contributed by atoms with E-state index in [4.69, 9.17) is 12.2 Å². The molecule has 0 aromatic heterocycles. The lowest BCUT2D eigenvalue weighted by atomic mass is 9.97. The highest BCUT2D eigenvalue weighted by molar-refractivity contribution is 7.80. The Morgan fingerprint density at radius 2 is 1.37 bits per heavy atom. The topological polar surface area (TPSA) is 3.24 Å². The minimum atomic E-state index is 0.261. The van der Waals surface area contributed by atoms with Crippen LogP contribution in [0.2, 0.25) is 0 Å². The van der Waals surface area contributed by atoms with Gasteiger partial charge in [-0.25, -0.2) is 0 Å². The van der Waals surface area contributed by atoms with Gasteiger partial charge in [-0.3, -0.25) is 0 Å². The number of hydrogen-bond acceptors (Lipinski definition) is 1. The number of likely N-dealkylation sites (tertiary alicyclic amines) is 1. The van der Waals surface area contributed by atoms with E-state index in [1.54, 1.807) is 0 Å². The summed E-state index contributed by atoms with van der Waals surface area (Å²) in [6.07, 6.45) is 2.22. The van der Waals surface area contributed by atoms with E-state index in [9.17, 15) is 0 Å². The van der Waals surface area contributed by atoms with Crippen LogP contribution in [0.5, 0.6) is 0 Å². The third-order valence-corrected chi connectivity index (χ3v) is 4.09. The van der Waals surface area contributed by atoms with Crippen LogP contribution in [0.1, 0.15) is 30.0 Å². The second-order valence-corrected chi connectivity index (χ2v) is 5.39. The first-order valence-electron chi connectivity index (χ1n) is 6.75. The molecule has 0 spiro atoms. The molecular weight excluding hydrogens is 250 g/mol. The van der Waals surface area contributed by atoms with Gasteiger partial charge >= 0.3 is 0 Å². The molecule has 0 aliphatic carbocycles. The van der Waals surface area contributed by atoms with Crippen LogP contribution in [0.4, 0.5) is 0 Å². The van der Waals surface area contributed by atoms with Gasteiger partial charge in [0.25, 0.3) is 0 Å². The zero-order chi connectivity index (χ0) is 13.1. The maximum atomic E-state index is 5.54. The Hall–Kier alpha value is -1.67. The van der Waals surface area contributed by atoms with Crippen molar-refractivity contribution >= 4 is 17.2 Å². The first-order chi connectivity index (χ1) is 9.36. The number of rotatable bonds is 3. The average molecular weight is 267 g/mol. The number of thiocarbonyl (C=S) groups is 1. The summed E-state index contributed by atoms with van der Waals surface area (Å²) in [6.45, 7) is 1.06. The minimum Gasteiger partial charge on any atom is -0.355 e. The molecule has 1 heterocycles. The molecule has 0 amide bonds. The summed E-state index contributed by atoms with van der Waals surface area (Å²) in [4.78, 5) is 3.47. The monoisotopic (exact) mass is 267 g/mol. The molecule has 0 atom stereocenters. The minimum absolute atomic E-state index is 0.261. The van der Waals surface area contributed by atoms with Gasteiger partial charge in [0.2, 0.25) is 0 Å². The first kappa shape index (κ1) is 12.4. The first-order valence-corrected chi connectivity index (χ1v) is 7.16. The third kappa shape index (κ3) is 2.54. The molecule has 19 heavy (non-hydrogen) atoms. The molecule has 1 aliphatic heterocycles. The van der Waals surface area contributed by atoms with Crippen molar-refractivity contribution in [2.75, 3.05) is 6.54 Å². The van der Waals surface area contributed by atoms with E-state index in [2.05, 4.69) is 65.6 Å². The van der Waals surface area contributed by atoms with Gasteiger partial charge in [0.1, 0.15) is 0 Å². The highest BCUT2D eigenvalue weighted by atomic mass is 32.1. The van der Waals surface area contributed by atoms with Crippen molar-refractivity contribution in [2.24, 2.45) is 0 Å². The fourth-order valence-electron chi connectivity index (χ4n) is 2.77. The van der Waals surface area contributed by atoms with Crippen LogP contribution in [0.25, 0.3) is 0 Å². The Labute approximate surface area is 119 Å². The molecule has 0 saturated carbocycles. The predicted molar refractivity (Wildman–Crippen MR) is 83.3 cm³/mol. The summed E-state index contributed by atoms with van der Waals surface area (Å²) in [6, 6.07) is 21.6. The van der Waals surface area contributed by atoms with Crippen molar-refractivity contribution in [1.82, 2.24) is 4.90 Å². The Morgan fingerprint density at radius 1 is 0.842 bits per heavy atom. The summed E-state index contributed by atoms with van der Waals surface area (Å²) in [5, 5.41) is 0. The Balaban J connectivity index is 2.03. The van der Waals surface area contributed by atoms with Gasteiger partial charge in [0, 0.05) is 6.54 Å². The van der Waals surface area contributed by atoms with E-state index in [0.29, 0.717) is 0 Å². The van der Waals surface area contributed by atoms with Gasteiger partial charge in [-0.2, -0.15) is 0 Å². The molecule has 1 fully saturated rings. The van der Waals surface area contributed by atoms with E-state index in [0.717, 1.165) is 18.0 Å². The summed E-state index contributed by atoms with van der Waals surface area (Å²) < 4.78 is 0. The molecule has 2 heteroatoms. The van der Waals surface area contributed by atoms with E-state index >= 15 is 0 Å². The van der Waals surface area contributed by atoms with Crippen LogP contribution in [0.3, 0.4) is 0 Å². The largest absolute Gasteiger partial charge is 0.355 e. The van der Waals surface area contributed by atoms with Crippen LogP contribution in [0, 0.1) is 0 Å². The molecule has 2 aromatic carbocycles. The lowest BCUT2D eigenvalue weighted by Crippen LogP contribution is -2.29. The van der Waals surface area contributed by atoms with Crippen LogP contribution in [-0.4, -0.2) is 16.4 Å². The molecule has 1 nitrogen and oxygen atoms in total. The molecule has 0 radical (unpaired) electrons. The number of hydrogen-bond donors (Lipinski definition) is 0. The quantitative estimate of drug-likeness (QED) is 0.767. The third-order valence-electron chi connectivity index (χ3n) is 3.65. The molecule has 1 aliphatic rings. The second kappa shape index (κ2) is 5.54. The molecule has 0 bridgehead atoms. The second-order valence-electron chi connectivity index (χ2n) is 4.91. The summed E-state index contributed by atoms with van der Waals surface area (Å²) in [7, 11) is 0. The fourth-order valence-corrected chi connectivity index (χ4v) is 3.11. The van der Waals surface area contributed by atoms with Gasteiger partial charge in [-0.1, -0.05) is 72.9 Å². The zero-order valence-electron chi connectivity index (χ0n) is 10.8. The molecule has 0 N–H and O–H groups in total. The zero-order valence-corrected chi connectivity index (χ0v) is 11.6. The van der Waals surface area contributed by atoms with Gasteiger partial charge in [-0.05, 0) is 24.0 Å². The highest BCUT2D eigenvalue weighted by Crippen LogP contribution is 2.32. The SMILES string of the molecule is S=C1CCCN1C(c1ccccc1)c1ccccc1. The lowest BCUT2D eigenvalue weighted by Gasteiger charge is -2.30. The van der Waals surface area contributed by atoms with Crippen molar-refractivity contribution in [2.45, 2.75) is 18.9 Å². The van der Waals surface area contributed by atoms with Gasteiger partial charge in [0.05, 0.1) is 11.0 Å². The van der Waals surface area contributed by atoms with Gasteiger partial charge < -0.3 is 4.90 Å². The predicted octanol–water partition coefficient (Wildman–Crippen LogP) is 4.20. The molecule has 1 saturated heterocycles. The Bertz CT molecular complexity index is 510. The molecule has 0 unspecified atom stereocenters. The molecule has 96 valence electrons. The lowest BCUT2D eigenvalue weighted by molar-refractivity contribution is 0.391. The van der Waals surface area contributed by atoms with E-state index in [-0.39, 0.29) is 6.04 Å². The summed E-state index contributed by atoms with van der Waals surface area (Å²) in [5.41, 5.74) is 2.64. The Morgan fingerprint density at radius 3 is 1.79 bits per heavy atom. The van der Waals surface area contributed by atoms with Crippen LogP contribution >= 0.6 is 12.2 Å². The van der Waals surface area contributed by atoms with E-state index in [1.807, 2.05) is 0 Å². The summed E-state index contributed by atoms with van der Waals surface area (Å²) in [5.74, 6) is 0. The van der Waals surface area contributed by atoms with Crippen LogP contribution in [-0.2, 0) is 0 Å². The van der Waals surface area contributed by atoms with Gasteiger partial charge in [-0.15, -0.1) is 0 Å². The van der Waals surface area contributed by atoms with E-state index in [1.165, 1.54) is 17.5 Å². The van der Waals surface area contributed by atoms with Crippen molar-refractivity contribution in [3.05, 3.63) is 71.8 Å². The smallest absolute Gasteiger partial charge is 0.0800 e. The van der Waals surface area contributed by atoms with Crippen molar-refractivity contribution in [3.8, 4) is 0 Å². The van der Waals surface area contributed by atoms with Crippen LogP contribution < -0.4 is 0 Å². The van der Waals surface area contributed by atoms with Crippen molar-refractivity contribution in [3.63, 3.8) is 0 Å². The fraction of sp³-hybridized carbons (Fsp3) is 0.235. The van der Waals surface area contributed by atoms with E-state index < -0.39 is 0 Å².